The maximum atomic E-state index is 11.9. The van der Waals surface area contributed by atoms with E-state index in [1.54, 1.807) is 6.07 Å². The van der Waals surface area contributed by atoms with Crippen LogP contribution in [0.1, 0.15) is 5.56 Å². The number of aliphatic imine (C=N–C) groups is 1. The summed E-state index contributed by atoms with van der Waals surface area (Å²) in [6, 6.07) is 4.13. The first-order valence-electron chi connectivity index (χ1n) is 6.68. The van der Waals surface area contributed by atoms with Gasteiger partial charge in [0.05, 0.1) is 23.3 Å². The third-order valence-electron chi connectivity index (χ3n) is 3.45. The second kappa shape index (κ2) is 5.56. The molecule has 9 nitrogen and oxygen atoms in total. The number of rotatable bonds is 4. The van der Waals surface area contributed by atoms with E-state index in [4.69, 9.17) is 4.74 Å². The summed E-state index contributed by atoms with van der Waals surface area (Å²) in [6.45, 7) is 0. The van der Waals surface area contributed by atoms with Gasteiger partial charge in [-0.25, -0.2) is 22.9 Å². The topological polar surface area (TPSA) is 121 Å². The lowest BCUT2D eigenvalue weighted by atomic mass is 10.2. The number of fused-ring (bicyclic) bond motifs is 1. The number of carbonyl (C=O) groups excluding carboxylic acids is 1. The molecule has 0 saturated carbocycles. The van der Waals surface area contributed by atoms with Crippen molar-refractivity contribution in [2.24, 2.45) is 4.99 Å². The summed E-state index contributed by atoms with van der Waals surface area (Å²) >= 11 is 0. The van der Waals surface area contributed by atoms with Gasteiger partial charge in [0.1, 0.15) is 11.6 Å². The van der Waals surface area contributed by atoms with Gasteiger partial charge >= 0.3 is 6.03 Å². The molecule has 2 heterocycles. The highest BCUT2D eigenvalue weighted by molar-refractivity contribution is 7.89. The summed E-state index contributed by atoms with van der Waals surface area (Å²) in [7, 11) is -0.785. The molecule has 0 aromatic heterocycles. The van der Waals surface area contributed by atoms with Gasteiger partial charge in [0.2, 0.25) is 10.0 Å². The minimum Gasteiger partial charge on any atom is -0.496 e. The Morgan fingerprint density at radius 3 is 2.83 bits per heavy atom. The molecule has 1 unspecified atom stereocenters. The molecule has 122 valence electrons. The van der Waals surface area contributed by atoms with E-state index >= 15 is 0 Å². The molecule has 0 fully saturated rings. The highest BCUT2D eigenvalue weighted by atomic mass is 32.2. The van der Waals surface area contributed by atoms with Crippen LogP contribution in [0.4, 0.5) is 4.79 Å². The van der Waals surface area contributed by atoms with E-state index in [1.807, 2.05) is 0 Å². The van der Waals surface area contributed by atoms with Crippen LogP contribution in [0.5, 0.6) is 5.75 Å². The zero-order chi connectivity index (χ0) is 16.6. The van der Waals surface area contributed by atoms with Crippen LogP contribution in [0.2, 0.25) is 0 Å². The van der Waals surface area contributed by atoms with E-state index in [-0.39, 0.29) is 10.9 Å². The van der Waals surface area contributed by atoms with Gasteiger partial charge in [-0.1, -0.05) is 0 Å². The molecule has 2 aliphatic heterocycles. The third kappa shape index (κ3) is 2.73. The SMILES string of the molecule is CNS(=O)(=O)c1ccc(C2=NC3NC(=O)NC=C3N2)c(OC)c1. The number of hydrogen-bond donors (Lipinski definition) is 4. The van der Waals surface area contributed by atoms with Crippen molar-refractivity contribution < 1.29 is 17.9 Å². The smallest absolute Gasteiger partial charge is 0.320 e. The molecule has 0 radical (unpaired) electrons. The van der Waals surface area contributed by atoms with E-state index in [0.29, 0.717) is 22.8 Å². The van der Waals surface area contributed by atoms with Gasteiger partial charge in [0.25, 0.3) is 0 Å². The van der Waals surface area contributed by atoms with Crippen LogP contribution < -0.4 is 25.4 Å². The molecule has 0 bridgehead atoms. The number of ether oxygens (including phenoxy) is 1. The highest BCUT2D eigenvalue weighted by Gasteiger charge is 2.29. The second-order valence-corrected chi connectivity index (χ2v) is 6.68. The first-order valence-corrected chi connectivity index (χ1v) is 8.17. The molecule has 10 heteroatoms. The Morgan fingerprint density at radius 2 is 2.13 bits per heavy atom. The number of nitrogens with one attached hydrogen (secondary N) is 4. The Labute approximate surface area is 132 Å². The van der Waals surface area contributed by atoms with Gasteiger partial charge in [0.15, 0.2) is 6.17 Å². The van der Waals surface area contributed by atoms with E-state index in [1.165, 1.54) is 32.5 Å². The van der Waals surface area contributed by atoms with Crippen LogP contribution >= 0.6 is 0 Å². The summed E-state index contributed by atoms with van der Waals surface area (Å²) < 4.78 is 31.3. The fourth-order valence-corrected chi connectivity index (χ4v) is 3.00. The molecular formula is C13H15N5O4S. The predicted octanol–water partition coefficient (Wildman–Crippen LogP) is -0.567. The van der Waals surface area contributed by atoms with Crippen molar-refractivity contribution in [3.63, 3.8) is 0 Å². The van der Waals surface area contributed by atoms with E-state index in [2.05, 4.69) is 25.7 Å². The van der Waals surface area contributed by atoms with Gasteiger partial charge < -0.3 is 20.7 Å². The molecule has 1 aromatic rings. The monoisotopic (exact) mass is 337 g/mol. The summed E-state index contributed by atoms with van der Waals surface area (Å²) in [5, 5.41) is 8.23. The predicted molar refractivity (Wildman–Crippen MR) is 82.5 cm³/mol. The van der Waals surface area contributed by atoms with Crippen molar-refractivity contribution in [1.29, 1.82) is 0 Å². The number of amides is 2. The van der Waals surface area contributed by atoms with Crippen molar-refractivity contribution in [2.75, 3.05) is 14.2 Å². The second-order valence-electron chi connectivity index (χ2n) is 4.79. The maximum Gasteiger partial charge on any atom is 0.320 e. The number of sulfonamides is 1. The fourth-order valence-electron chi connectivity index (χ4n) is 2.26. The van der Waals surface area contributed by atoms with Crippen LogP contribution in [0, 0.1) is 0 Å². The zero-order valence-corrected chi connectivity index (χ0v) is 13.2. The Morgan fingerprint density at radius 1 is 1.35 bits per heavy atom. The molecule has 1 aromatic carbocycles. The van der Waals surface area contributed by atoms with E-state index < -0.39 is 16.2 Å². The van der Waals surface area contributed by atoms with E-state index in [9.17, 15) is 13.2 Å². The summed E-state index contributed by atoms with van der Waals surface area (Å²) in [5.74, 6) is 0.835. The molecule has 2 amide bonds. The quantitative estimate of drug-likeness (QED) is 0.586. The number of amidine groups is 1. The van der Waals surface area contributed by atoms with Crippen molar-refractivity contribution in [3.05, 3.63) is 35.7 Å². The number of benzene rings is 1. The van der Waals surface area contributed by atoms with Crippen molar-refractivity contribution >= 4 is 21.9 Å². The Kier molecular flexibility index (Phi) is 3.70. The first-order chi connectivity index (χ1) is 10.9. The lowest BCUT2D eigenvalue weighted by Crippen LogP contribution is -2.45. The van der Waals surface area contributed by atoms with Gasteiger partial charge in [-0.3, -0.25) is 0 Å². The molecule has 4 N–H and O–H groups in total. The average molecular weight is 337 g/mol. The standard InChI is InChI=1S/C13H15N5O4S/c1-14-23(20,21)7-3-4-8(10(5-7)22-2)11-16-9-6-15-13(19)18-12(9)17-11/h3-6,12,14H,1-2H3,(H,16,17)(H2,15,18,19). The lowest BCUT2D eigenvalue weighted by Gasteiger charge is -2.16. The van der Waals surface area contributed by atoms with Crippen molar-refractivity contribution in [1.82, 2.24) is 20.7 Å². The summed E-state index contributed by atoms with van der Waals surface area (Å²) in [5.41, 5.74) is 1.28. The zero-order valence-electron chi connectivity index (χ0n) is 12.4. The minimum atomic E-state index is -3.57. The Balaban J connectivity index is 1.98. The number of methoxy groups -OCH3 is 1. The molecule has 23 heavy (non-hydrogen) atoms. The number of carbonyl (C=O) groups is 1. The van der Waals surface area contributed by atoms with Crippen molar-refractivity contribution in [2.45, 2.75) is 11.1 Å². The maximum absolute atomic E-state index is 11.9. The molecule has 0 spiro atoms. The van der Waals surface area contributed by atoms with E-state index in [0.717, 1.165) is 0 Å². The largest absolute Gasteiger partial charge is 0.496 e. The molecule has 1 atom stereocenters. The van der Waals surface area contributed by atoms with Crippen LogP contribution in [-0.4, -0.2) is 40.6 Å². The number of urea groups is 1. The fraction of sp³-hybridized carbons (Fsp3) is 0.231. The van der Waals surface area contributed by atoms with Gasteiger partial charge in [-0.2, -0.15) is 0 Å². The average Bonchev–Trinajstić information content (AvgIpc) is 2.96. The molecule has 3 rings (SSSR count). The van der Waals surface area contributed by atoms with Gasteiger partial charge in [0, 0.05) is 12.3 Å². The number of hydrogen-bond acceptors (Lipinski definition) is 6. The summed E-state index contributed by atoms with van der Waals surface area (Å²) in [4.78, 5) is 15.8. The summed E-state index contributed by atoms with van der Waals surface area (Å²) in [6.07, 6.45) is 1.04. The van der Waals surface area contributed by atoms with Crippen LogP contribution in [0.25, 0.3) is 0 Å². The Bertz CT molecular complexity index is 831. The molecule has 0 saturated heterocycles. The highest BCUT2D eigenvalue weighted by Crippen LogP contribution is 2.26. The molecular weight excluding hydrogens is 322 g/mol. The minimum absolute atomic E-state index is 0.0887. The molecule has 2 aliphatic rings. The first kappa shape index (κ1) is 15.3. The normalized spacial score (nSPS) is 19.7. The van der Waals surface area contributed by atoms with Gasteiger partial charge in [-0.05, 0) is 19.2 Å². The Hall–Kier alpha value is -2.59. The van der Waals surface area contributed by atoms with Gasteiger partial charge in [-0.15, -0.1) is 0 Å². The van der Waals surface area contributed by atoms with Crippen LogP contribution in [0.3, 0.4) is 0 Å². The van der Waals surface area contributed by atoms with Crippen molar-refractivity contribution in [3.8, 4) is 5.75 Å². The van der Waals surface area contributed by atoms with Crippen LogP contribution in [0.15, 0.2) is 40.0 Å². The third-order valence-corrected chi connectivity index (χ3v) is 4.86. The van der Waals surface area contributed by atoms with Crippen LogP contribution in [-0.2, 0) is 10.0 Å². The lowest BCUT2D eigenvalue weighted by molar-refractivity contribution is 0.240. The number of nitrogens with zero attached hydrogens (tertiary/aromatic N) is 1. The molecule has 0 aliphatic carbocycles.